The number of nitrogens with zero attached hydrogens (tertiary/aromatic N) is 4. The first-order valence-corrected chi connectivity index (χ1v) is 13.8. The van der Waals surface area contributed by atoms with Crippen LogP contribution in [-0.4, -0.2) is 56.8 Å². The monoisotopic (exact) mass is 618 g/mol. The van der Waals surface area contributed by atoms with E-state index in [0.717, 1.165) is 35.6 Å². The highest BCUT2D eigenvalue weighted by atomic mass is 19.4. The smallest absolute Gasteiger partial charge is 0.434 e. The molecule has 1 fully saturated rings. The number of carboxylic acid groups (broad SMARTS) is 1. The topological polar surface area (TPSA) is 80.5 Å². The molecular formula is C31H28F6N4O3. The molecule has 0 amide bonds. The third-order valence-corrected chi connectivity index (χ3v) is 7.64. The highest BCUT2D eigenvalue weighted by Gasteiger charge is 2.41. The summed E-state index contributed by atoms with van der Waals surface area (Å²) in [6, 6.07) is 13.8. The van der Waals surface area contributed by atoms with Gasteiger partial charge in [-0.3, -0.25) is 4.90 Å². The van der Waals surface area contributed by atoms with Gasteiger partial charge in [0, 0.05) is 5.56 Å². The lowest BCUT2D eigenvalue weighted by Crippen LogP contribution is -2.36. The Labute approximate surface area is 248 Å². The first kappa shape index (κ1) is 31.0. The second-order valence-electron chi connectivity index (χ2n) is 10.6. The highest BCUT2D eigenvalue weighted by molar-refractivity contribution is 5.89. The van der Waals surface area contributed by atoms with Crippen molar-refractivity contribution >= 4 is 5.97 Å². The van der Waals surface area contributed by atoms with Gasteiger partial charge in [0.15, 0.2) is 11.5 Å². The number of carboxylic acids is 1. The minimum atomic E-state index is -5.03. The van der Waals surface area contributed by atoms with Crippen molar-refractivity contribution in [3.63, 3.8) is 0 Å². The van der Waals surface area contributed by atoms with Crippen LogP contribution in [0.4, 0.5) is 26.3 Å². The summed E-state index contributed by atoms with van der Waals surface area (Å²) in [5, 5.41) is 12.8. The number of alkyl halides is 5. The van der Waals surface area contributed by atoms with E-state index in [1.54, 1.807) is 4.90 Å². The van der Waals surface area contributed by atoms with E-state index < -0.39 is 35.6 Å². The second kappa shape index (κ2) is 12.7. The maximum absolute atomic E-state index is 14.3. The van der Waals surface area contributed by atoms with Gasteiger partial charge in [0.25, 0.3) is 6.43 Å². The van der Waals surface area contributed by atoms with Gasteiger partial charge in [-0.1, -0.05) is 24.3 Å². The molecular weight excluding hydrogens is 590 g/mol. The minimum absolute atomic E-state index is 0.0859. The van der Waals surface area contributed by atoms with Crippen molar-refractivity contribution in [1.82, 2.24) is 19.7 Å². The molecule has 13 heteroatoms. The van der Waals surface area contributed by atoms with Gasteiger partial charge < -0.3 is 9.84 Å². The number of hydrogen-bond donors (Lipinski definition) is 1. The highest BCUT2D eigenvalue weighted by Crippen LogP contribution is 2.35. The molecule has 2 aromatic heterocycles. The second-order valence-corrected chi connectivity index (χ2v) is 10.6. The molecule has 3 heterocycles. The van der Waals surface area contributed by atoms with Crippen LogP contribution in [0.25, 0.3) is 17.1 Å². The maximum Gasteiger partial charge on any atom is 0.434 e. The summed E-state index contributed by atoms with van der Waals surface area (Å²) >= 11 is 0. The number of carbonyl (C=O) groups is 1. The van der Waals surface area contributed by atoms with Crippen LogP contribution in [0.15, 0.2) is 60.8 Å². The van der Waals surface area contributed by atoms with E-state index in [-0.39, 0.29) is 41.9 Å². The molecule has 232 valence electrons. The van der Waals surface area contributed by atoms with Crippen molar-refractivity contribution in [3.8, 4) is 22.8 Å². The van der Waals surface area contributed by atoms with Gasteiger partial charge in [-0.05, 0) is 85.8 Å². The number of likely N-dealkylation sites (tertiary alicyclic amines) is 1. The number of hydrogen-bond acceptors (Lipinski definition) is 5. The van der Waals surface area contributed by atoms with Gasteiger partial charge in [0.2, 0.25) is 0 Å². The molecule has 1 aliphatic heterocycles. The number of benzene rings is 2. The molecule has 1 aliphatic rings. The number of rotatable bonds is 9. The molecule has 0 bridgehead atoms. The standard InChI is InChI=1S/C31H28F6N4O3/c1-18-13-20(19-9-11-40(12-10-19)16-27(33)34)5-6-21(18)17-44-26-8-7-22(32)14-23(26)25-3-2-4-28(39-25)41-29(31(35,36)37)24(15-38-41)30(42)43/h2-8,13-15,19,27H,9-12,16-17H2,1H3,(H,42,43). The average Bonchev–Trinajstić information content (AvgIpc) is 3.44. The van der Waals surface area contributed by atoms with Gasteiger partial charge in [0.05, 0.1) is 18.4 Å². The van der Waals surface area contributed by atoms with Crippen LogP contribution in [0.2, 0.25) is 0 Å². The van der Waals surface area contributed by atoms with Crippen molar-refractivity contribution < 1.29 is 41.0 Å². The summed E-state index contributed by atoms with van der Waals surface area (Å²) in [6.45, 7) is 3.05. The first-order valence-electron chi connectivity index (χ1n) is 13.8. The Balaban J connectivity index is 1.36. The molecule has 1 saturated heterocycles. The fraction of sp³-hybridized carbons (Fsp3) is 0.323. The quantitative estimate of drug-likeness (QED) is 0.201. The predicted molar refractivity (Wildman–Crippen MR) is 149 cm³/mol. The van der Waals surface area contributed by atoms with E-state index in [1.165, 1.54) is 30.3 Å². The Kier molecular flexibility index (Phi) is 8.95. The van der Waals surface area contributed by atoms with Crippen molar-refractivity contribution in [2.45, 2.75) is 44.9 Å². The van der Waals surface area contributed by atoms with Gasteiger partial charge in [-0.25, -0.2) is 27.6 Å². The number of aryl methyl sites for hydroxylation is 1. The largest absolute Gasteiger partial charge is 0.488 e. The number of halogens is 6. The zero-order valence-corrected chi connectivity index (χ0v) is 23.5. The molecule has 44 heavy (non-hydrogen) atoms. The van der Waals surface area contributed by atoms with Crippen LogP contribution in [0.1, 0.15) is 51.5 Å². The van der Waals surface area contributed by atoms with E-state index >= 15 is 0 Å². The lowest BCUT2D eigenvalue weighted by molar-refractivity contribution is -0.143. The minimum Gasteiger partial charge on any atom is -0.488 e. The number of aromatic nitrogens is 3. The molecule has 0 aliphatic carbocycles. The van der Waals surface area contributed by atoms with Gasteiger partial charge >= 0.3 is 12.1 Å². The summed E-state index contributed by atoms with van der Waals surface area (Å²) in [4.78, 5) is 17.4. The molecule has 0 unspecified atom stereocenters. The molecule has 0 saturated carbocycles. The molecule has 1 N–H and O–H groups in total. The fourth-order valence-electron chi connectivity index (χ4n) is 5.41. The van der Waals surface area contributed by atoms with Crippen molar-refractivity contribution in [1.29, 1.82) is 0 Å². The number of aromatic carboxylic acids is 1. The van der Waals surface area contributed by atoms with Crippen molar-refractivity contribution in [3.05, 3.63) is 94.6 Å². The van der Waals surface area contributed by atoms with Crippen LogP contribution in [0, 0.1) is 12.7 Å². The van der Waals surface area contributed by atoms with E-state index in [0.29, 0.717) is 24.0 Å². The van der Waals surface area contributed by atoms with Gasteiger partial charge in [-0.15, -0.1) is 0 Å². The number of pyridine rings is 1. The van der Waals surface area contributed by atoms with Crippen molar-refractivity contribution in [2.75, 3.05) is 19.6 Å². The van der Waals surface area contributed by atoms with Crippen LogP contribution in [0.3, 0.4) is 0 Å². The summed E-state index contributed by atoms with van der Waals surface area (Å²) in [7, 11) is 0. The molecule has 0 atom stereocenters. The summed E-state index contributed by atoms with van der Waals surface area (Å²) in [5.74, 6) is -2.24. The summed E-state index contributed by atoms with van der Waals surface area (Å²) < 4.78 is 87.5. The molecule has 2 aromatic carbocycles. The van der Waals surface area contributed by atoms with Crippen LogP contribution in [0.5, 0.6) is 5.75 Å². The number of piperidine rings is 1. The summed E-state index contributed by atoms with van der Waals surface area (Å²) in [5.41, 5.74) is 0.663. The van der Waals surface area contributed by atoms with Crippen LogP contribution in [-0.2, 0) is 12.8 Å². The average molecular weight is 619 g/mol. The molecule has 0 spiro atoms. The zero-order chi connectivity index (χ0) is 31.6. The fourth-order valence-corrected chi connectivity index (χ4v) is 5.41. The lowest BCUT2D eigenvalue weighted by Gasteiger charge is -2.32. The predicted octanol–water partition coefficient (Wildman–Crippen LogP) is 7.12. The van der Waals surface area contributed by atoms with Crippen molar-refractivity contribution in [2.24, 2.45) is 0 Å². The van der Waals surface area contributed by atoms with Crippen LogP contribution < -0.4 is 4.74 Å². The van der Waals surface area contributed by atoms with E-state index in [1.807, 2.05) is 19.1 Å². The third-order valence-electron chi connectivity index (χ3n) is 7.64. The Hall–Kier alpha value is -4.39. The van der Waals surface area contributed by atoms with Gasteiger partial charge in [0.1, 0.15) is 23.7 Å². The molecule has 4 aromatic rings. The SMILES string of the molecule is Cc1cc(C2CCN(CC(F)F)CC2)ccc1COc1ccc(F)cc1-c1cccc(-n2ncc(C(=O)O)c2C(F)(F)F)n1. The molecule has 5 rings (SSSR count). The Morgan fingerprint density at radius 3 is 2.50 bits per heavy atom. The third kappa shape index (κ3) is 6.88. The molecule has 0 radical (unpaired) electrons. The Bertz CT molecular complexity index is 1650. The zero-order valence-electron chi connectivity index (χ0n) is 23.5. The van der Waals surface area contributed by atoms with E-state index in [2.05, 4.69) is 16.1 Å². The Morgan fingerprint density at radius 1 is 1.09 bits per heavy atom. The van der Waals surface area contributed by atoms with Gasteiger partial charge in [-0.2, -0.15) is 18.3 Å². The lowest BCUT2D eigenvalue weighted by atomic mass is 9.88. The van der Waals surface area contributed by atoms with E-state index in [4.69, 9.17) is 4.74 Å². The number of ether oxygens (including phenoxy) is 1. The normalized spacial score (nSPS) is 14.7. The van der Waals surface area contributed by atoms with Crippen LogP contribution >= 0.6 is 0 Å². The molecule has 7 nitrogen and oxygen atoms in total. The maximum atomic E-state index is 14.3. The van der Waals surface area contributed by atoms with E-state index in [9.17, 15) is 36.2 Å². The summed E-state index contributed by atoms with van der Waals surface area (Å²) in [6.07, 6.45) is -5.21. The Morgan fingerprint density at radius 2 is 1.84 bits per heavy atom. The first-order chi connectivity index (χ1) is 20.9.